The second-order valence-corrected chi connectivity index (χ2v) is 10.3. The molecular weight excluding hydrogens is 566 g/mol. The van der Waals surface area contributed by atoms with Crippen LogP contribution >= 0.6 is 0 Å². The lowest BCUT2D eigenvalue weighted by Crippen LogP contribution is -2.34. The lowest BCUT2D eigenvalue weighted by molar-refractivity contribution is -0.134. The molecule has 1 aliphatic carbocycles. The molecule has 1 aromatic heterocycles. The van der Waals surface area contributed by atoms with Crippen LogP contribution in [0.1, 0.15) is 71.3 Å². The van der Waals surface area contributed by atoms with Gasteiger partial charge in [0, 0.05) is 5.92 Å². The number of nitrogens with zero attached hydrogens (tertiary/aromatic N) is 5. The number of amides is 1. The number of esters is 2. The van der Waals surface area contributed by atoms with Crippen molar-refractivity contribution in [3.05, 3.63) is 76.6 Å². The average Bonchev–Trinajstić information content (AvgIpc) is 3.64. The van der Waals surface area contributed by atoms with Crippen LogP contribution in [0.2, 0.25) is 0 Å². The Morgan fingerprint density at radius 1 is 0.909 bits per heavy atom. The van der Waals surface area contributed by atoms with Gasteiger partial charge in [0.25, 0.3) is 5.91 Å². The molecule has 0 unspecified atom stereocenters. The highest BCUT2D eigenvalue weighted by molar-refractivity contribution is 6.08. The van der Waals surface area contributed by atoms with E-state index in [0.29, 0.717) is 5.75 Å². The van der Waals surface area contributed by atoms with Crippen molar-refractivity contribution in [1.29, 1.82) is 0 Å². The molecule has 0 spiro atoms. The van der Waals surface area contributed by atoms with Gasteiger partial charge in [-0.3, -0.25) is 4.79 Å². The van der Waals surface area contributed by atoms with Crippen LogP contribution in [0.25, 0.3) is 6.08 Å². The first kappa shape index (κ1) is 30.5. The van der Waals surface area contributed by atoms with E-state index in [-0.39, 0.29) is 30.5 Å². The molecule has 3 aromatic rings. The van der Waals surface area contributed by atoms with Crippen molar-refractivity contribution in [2.75, 3.05) is 27.4 Å². The molecule has 230 valence electrons. The normalized spacial score (nSPS) is 18.4. The van der Waals surface area contributed by atoms with Gasteiger partial charge in [-0.2, -0.15) is 5.10 Å². The number of hydrogen-bond acceptors (Lipinski definition) is 10. The summed E-state index contributed by atoms with van der Waals surface area (Å²) in [6.07, 6.45) is 4.69. The first-order valence-electron chi connectivity index (χ1n) is 14.6. The maximum atomic E-state index is 14.0. The van der Waals surface area contributed by atoms with Crippen LogP contribution in [0.5, 0.6) is 11.5 Å². The molecule has 2 atom stereocenters. The van der Waals surface area contributed by atoms with Crippen LogP contribution in [-0.4, -0.2) is 71.0 Å². The molecular formula is C32H35N5O7. The highest BCUT2D eigenvalue weighted by Crippen LogP contribution is 2.44. The van der Waals surface area contributed by atoms with Gasteiger partial charge in [0.1, 0.15) is 18.0 Å². The number of benzene rings is 2. The van der Waals surface area contributed by atoms with E-state index in [1.807, 2.05) is 48.5 Å². The Morgan fingerprint density at radius 2 is 1.55 bits per heavy atom. The monoisotopic (exact) mass is 601 g/mol. The summed E-state index contributed by atoms with van der Waals surface area (Å²) in [5.41, 5.74) is 3.24. The summed E-state index contributed by atoms with van der Waals surface area (Å²) in [5.74, 6) is -0.673. The Labute approximate surface area is 255 Å². The van der Waals surface area contributed by atoms with E-state index in [1.54, 1.807) is 28.1 Å². The third kappa shape index (κ3) is 6.19. The fourth-order valence-electron chi connectivity index (χ4n) is 5.61. The van der Waals surface area contributed by atoms with Crippen molar-refractivity contribution in [3.8, 4) is 11.5 Å². The van der Waals surface area contributed by atoms with Crippen LogP contribution in [0.15, 0.2) is 59.2 Å². The molecule has 0 N–H and O–H groups in total. The van der Waals surface area contributed by atoms with Crippen molar-refractivity contribution in [2.24, 2.45) is 11.0 Å². The predicted octanol–water partition coefficient (Wildman–Crippen LogP) is 4.47. The number of hydrazone groups is 1. The number of carbonyl (C=O) groups is 3. The van der Waals surface area contributed by atoms with Gasteiger partial charge in [0.2, 0.25) is 5.69 Å². The molecule has 44 heavy (non-hydrogen) atoms. The number of fused-ring (bicyclic) bond motifs is 1. The first-order chi connectivity index (χ1) is 21.4. The SMILES string of the molecule is CCOC(=O)c1nnn(CC(=O)N2N=C3/C(=C\c4ccc(OC)cc4)CCC[C@H]3[C@H]2c2ccc(OC)cc2)c1C(=O)OCC. The molecule has 0 radical (unpaired) electrons. The summed E-state index contributed by atoms with van der Waals surface area (Å²) >= 11 is 0. The van der Waals surface area contributed by atoms with E-state index in [2.05, 4.69) is 16.4 Å². The summed E-state index contributed by atoms with van der Waals surface area (Å²) in [4.78, 5) is 39.4. The minimum Gasteiger partial charge on any atom is -0.497 e. The van der Waals surface area contributed by atoms with Crippen LogP contribution in [0.3, 0.4) is 0 Å². The van der Waals surface area contributed by atoms with Crippen LogP contribution in [0.4, 0.5) is 0 Å². The van der Waals surface area contributed by atoms with E-state index >= 15 is 0 Å². The Hall–Kier alpha value is -5.00. The molecule has 1 fully saturated rings. The molecule has 0 saturated heterocycles. The van der Waals surface area contributed by atoms with Crippen molar-refractivity contribution >= 4 is 29.6 Å². The maximum Gasteiger partial charge on any atom is 0.361 e. The van der Waals surface area contributed by atoms with E-state index < -0.39 is 30.4 Å². The van der Waals surface area contributed by atoms with Crippen LogP contribution in [-0.2, 0) is 20.8 Å². The molecule has 12 nitrogen and oxygen atoms in total. The Balaban J connectivity index is 1.52. The standard InChI is InChI=1S/C32H35N5O7/c1-5-43-31(39)28-30(32(40)44-6-2)36(35-33-28)19-26(38)37-29(21-12-16-24(42-4)17-13-21)25-9-7-8-22(27(25)34-37)18-20-10-14-23(41-3)15-11-20/h10-18,25,29H,5-9,19H2,1-4H3/b22-18-/t25-,29-/m1/s1. The number of hydrogen-bond donors (Lipinski definition) is 0. The third-order valence-corrected chi connectivity index (χ3v) is 7.63. The molecule has 2 heterocycles. The quantitative estimate of drug-likeness (QED) is 0.309. The highest BCUT2D eigenvalue weighted by atomic mass is 16.5. The first-order valence-corrected chi connectivity index (χ1v) is 14.6. The van der Waals surface area contributed by atoms with Gasteiger partial charge in [0.15, 0.2) is 5.69 Å². The Morgan fingerprint density at radius 3 is 2.18 bits per heavy atom. The van der Waals surface area contributed by atoms with Crippen molar-refractivity contribution in [3.63, 3.8) is 0 Å². The van der Waals surface area contributed by atoms with Gasteiger partial charge in [-0.05, 0) is 80.2 Å². The average molecular weight is 602 g/mol. The lowest BCUT2D eigenvalue weighted by Gasteiger charge is -2.29. The van der Waals surface area contributed by atoms with Gasteiger partial charge in [-0.25, -0.2) is 19.3 Å². The predicted molar refractivity (Wildman–Crippen MR) is 160 cm³/mol. The molecule has 1 aliphatic heterocycles. The van der Waals surface area contributed by atoms with Gasteiger partial charge < -0.3 is 18.9 Å². The summed E-state index contributed by atoms with van der Waals surface area (Å²) in [5, 5.41) is 14.2. The number of carbonyl (C=O) groups excluding carboxylic acids is 3. The third-order valence-electron chi connectivity index (χ3n) is 7.63. The Bertz CT molecular complexity index is 1580. The molecule has 2 aliphatic rings. The van der Waals surface area contributed by atoms with E-state index in [9.17, 15) is 14.4 Å². The summed E-state index contributed by atoms with van der Waals surface area (Å²) < 4.78 is 21.9. The smallest absolute Gasteiger partial charge is 0.361 e. The topological polar surface area (TPSA) is 134 Å². The minimum atomic E-state index is -0.828. The zero-order valence-corrected chi connectivity index (χ0v) is 25.2. The largest absolute Gasteiger partial charge is 0.497 e. The number of rotatable bonds is 10. The molecule has 1 amide bonds. The number of methoxy groups -OCH3 is 2. The number of ether oxygens (including phenoxy) is 4. The zero-order chi connectivity index (χ0) is 31.2. The molecule has 5 rings (SSSR count). The molecule has 12 heteroatoms. The fourth-order valence-corrected chi connectivity index (χ4v) is 5.61. The van der Waals surface area contributed by atoms with Gasteiger partial charge in [-0.1, -0.05) is 29.5 Å². The lowest BCUT2D eigenvalue weighted by atomic mass is 9.77. The number of aromatic nitrogens is 3. The molecule has 0 bridgehead atoms. The minimum absolute atomic E-state index is 0.0547. The van der Waals surface area contributed by atoms with Crippen LogP contribution < -0.4 is 9.47 Å². The maximum absolute atomic E-state index is 14.0. The summed E-state index contributed by atoms with van der Waals surface area (Å²) in [6.45, 7) is 3.02. The van der Waals surface area contributed by atoms with Gasteiger partial charge >= 0.3 is 11.9 Å². The second-order valence-electron chi connectivity index (χ2n) is 10.3. The summed E-state index contributed by atoms with van der Waals surface area (Å²) in [6, 6.07) is 15.0. The number of allylic oxidation sites excluding steroid dienone is 1. The van der Waals surface area contributed by atoms with Crippen molar-refractivity contribution in [1.82, 2.24) is 20.0 Å². The van der Waals surface area contributed by atoms with Gasteiger partial charge in [0.05, 0.1) is 39.2 Å². The summed E-state index contributed by atoms with van der Waals surface area (Å²) in [7, 11) is 3.23. The van der Waals surface area contributed by atoms with E-state index in [4.69, 9.17) is 24.0 Å². The van der Waals surface area contributed by atoms with Crippen molar-refractivity contribution in [2.45, 2.75) is 45.7 Å². The molecule has 1 saturated carbocycles. The second kappa shape index (κ2) is 13.5. The van der Waals surface area contributed by atoms with E-state index in [0.717, 1.165) is 52.1 Å². The van der Waals surface area contributed by atoms with Crippen LogP contribution in [0, 0.1) is 5.92 Å². The zero-order valence-electron chi connectivity index (χ0n) is 25.2. The van der Waals surface area contributed by atoms with Gasteiger partial charge in [-0.15, -0.1) is 5.10 Å². The van der Waals surface area contributed by atoms with Crippen molar-refractivity contribution < 1.29 is 33.3 Å². The van der Waals surface area contributed by atoms with E-state index in [1.165, 1.54) is 5.01 Å². The molecule has 2 aromatic carbocycles. The Kier molecular flexibility index (Phi) is 9.37. The fraction of sp³-hybridized carbons (Fsp3) is 0.375. The highest BCUT2D eigenvalue weighted by Gasteiger charge is 2.44.